The molecule has 0 spiro atoms. The van der Waals surface area contributed by atoms with Crippen molar-refractivity contribution in [1.82, 2.24) is 28.7 Å². The number of amides is 1. The number of aryl methyl sites for hydroxylation is 1. The summed E-state index contributed by atoms with van der Waals surface area (Å²) in [5.74, 6) is -0.879. The van der Waals surface area contributed by atoms with Crippen LogP contribution in [0, 0.1) is 5.82 Å². The van der Waals surface area contributed by atoms with E-state index >= 15 is 0 Å². The third-order valence-corrected chi connectivity index (χ3v) is 6.50. The molecule has 4 heterocycles. The number of carbonyl (C=O) groups excluding carboxylic acids is 1. The van der Waals surface area contributed by atoms with Gasteiger partial charge in [0.15, 0.2) is 16.3 Å². The van der Waals surface area contributed by atoms with Crippen molar-refractivity contribution in [2.45, 2.75) is 13.1 Å². The van der Waals surface area contributed by atoms with Gasteiger partial charge in [0.05, 0.1) is 23.3 Å². The Bertz CT molecular complexity index is 1670. The van der Waals surface area contributed by atoms with Crippen LogP contribution < -0.4 is 16.1 Å². The summed E-state index contributed by atoms with van der Waals surface area (Å²) in [6, 6.07) is 9.97. The molecule has 0 N–H and O–H groups in total. The molecule has 0 fully saturated rings. The summed E-state index contributed by atoms with van der Waals surface area (Å²) in [4.78, 5) is 52.7. The summed E-state index contributed by atoms with van der Waals surface area (Å²) in [7, 11) is 2.87. The predicted octanol–water partition coefficient (Wildman–Crippen LogP) is 1.81. The highest BCUT2D eigenvalue weighted by Crippen LogP contribution is 2.31. The molecule has 5 rings (SSSR count). The lowest BCUT2D eigenvalue weighted by Gasteiger charge is -2.20. The summed E-state index contributed by atoms with van der Waals surface area (Å²) in [6.07, 6.45) is 2.96. The first-order valence-electron chi connectivity index (χ1n) is 10.2. The molecule has 0 saturated heterocycles. The number of halogens is 1. The van der Waals surface area contributed by atoms with Gasteiger partial charge in [0.1, 0.15) is 17.9 Å². The summed E-state index contributed by atoms with van der Waals surface area (Å²) in [6.45, 7) is -0.139. The minimum Gasteiger partial charge on any atom is -0.315 e. The van der Waals surface area contributed by atoms with E-state index in [0.29, 0.717) is 15.5 Å². The first kappa shape index (κ1) is 21.6. The monoisotopic (exact) mass is 479 g/mol. The van der Waals surface area contributed by atoms with Crippen LogP contribution in [-0.4, -0.2) is 34.6 Å². The third-order valence-electron chi connectivity index (χ3n) is 5.46. The second-order valence-electron chi connectivity index (χ2n) is 7.63. The number of carbonyl (C=O) groups is 1. The van der Waals surface area contributed by atoms with Crippen molar-refractivity contribution in [3.05, 3.63) is 81.3 Å². The van der Waals surface area contributed by atoms with Crippen molar-refractivity contribution in [2.75, 3.05) is 4.90 Å². The zero-order chi connectivity index (χ0) is 24.0. The molecule has 10 nitrogen and oxygen atoms in total. The van der Waals surface area contributed by atoms with Crippen LogP contribution in [-0.2, 0) is 32.0 Å². The second kappa shape index (κ2) is 8.30. The smallest absolute Gasteiger partial charge is 0.315 e. The summed E-state index contributed by atoms with van der Waals surface area (Å²) in [5.41, 5.74) is 0.0389. The highest BCUT2D eigenvalue weighted by atomic mass is 32.1. The van der Waals surface area contributed by atoms with Gasteiger partial charge in [0, 0.05) is 20.3 Å². The molecule has 12 heteroatoms. The number of thiazole rings is 1. The molecule has 1 amide bonds. The fourth-order valence-corrected chi connectivity index (χ4v) is 4.68. The first-order chi connectivity index (χ1) is 16.3. The molecule has 34 heavy (non-hydrogen) atoms. The van der Waals surface area contributed by atoms with E-state index in [1.54, 1.807) is 36.5 Å². The fraction of sp³-hybridized carbons (Fsp3) is 0.182. The van der Waals surface area contributed by atoms with Crippen molar-refractivity contribution in [2.24, 2.45) is 14.1 Å². The normalized spacial score (nSPS) is 11.4. The third kappa shape index (κ3) is 3.57. The highest BCUT2D eigenvalue weighted by Gasteiger charge is 2.24. The van der Waals surface area contributed by atoms with Crippen LogP contribution in [0.25, 0.3) is 21.4 Å². The van der Waals surface area contributed by atoms with E-state index in [-0.39, 0.29) is 29.8 Å². The lowest BCUT2D eigenvalue weighted by Crippen LogP contribution is -2.38. The number of imidazole rings is 1. The zero-order valence-electron chi connectivity index (χ0n) is 18.2. The van der Waals surface area contributed by atoms with Gasteiger partial charge in [-0.05, 0) is 24.3 Å². The Balaban J connectivity index is 1.58. The molecule has 0 aliphatic heterocycles. The Morgan fingerprint density at radius 1 is 1.09 bits per heavy atom. The quantitative estimate of drug-likeness (QED) is 0.381. The number of anilines is 1. The lowest BCUT2D eigenvalue weighted by molar-refractivity contribution is -0.119. The molecule has 0 saturated carbocycles. The van der Waals surface area contributed by atoms with Gasteiger partial charge in [0.25, 0.3) is 5.56 Å². The molecular weight excluding hydrogens is 461 g/mol. The van der Waals surface area contributed by atoms with Crippen LogP contribution >= 0.6 is 11.3 Å². The van der Waals surface area contributed by atoms with Gasteiger partial charge in [-0.3, -0.25) is 28.6 Å². The van der Waals surface area contributed by atoms with E-state index in [1.165, 1.54) is 51.9 Å². The van der Waals surface area contributed by atoms with Crippen LogP contribution in [0.3, 0.4) is 0 Å². The molecule has 0 aliphatic carbocycles. The van der Waals surface area contributed by atoms with Crippen LogP contribution in [0.2, 0.25) is 0 Å². The second-order valence-corrected chi connectivity index (χ2v) is 8.64. The number of benzene rings is 1. The Hall–Kier alpha value is -4.19. The average molecular weight is 479 g/mol. The van der Waals surface area contributed by atoms with Gasteiger partial charge >= 0.3 is 5.69 Å². The van der Waals surface area contributed by atoms with Crippen LogP contribution in [0.1, 0.15) is 5.69 Å². The maximum Gasteiger partial charge on any atom is 0.332 e. The van der Waals surface area contributed by atoms with Crippen molar-refractivity contribution >= 4 is 43.8 Å². The maximum atomic E-state index is 14.3. The summed E-state index contributed by atoms with van der Waals surface area (Å²) < 4.78 is 18.5. The number of pyridine rings is 1. The van der Waals surface area contributed by atoms with Gasteiger partial charge in [-0.2, -0.15) is 0 Å². The van der Waals surface area contributed by atoms with E-state index in [1.807, 2.05) is 0 Å². The number of nitrogens with zero attached hydrogens (tertiary/aromatic N) is 7. The first-order valence-corrected chi connectivity index (χ1v) is 11.0. The highest BCUT2D eigenvalue weighted by molar-refractivity contribution is 7.22. The maximum absolute atomic E-state index is 14.3. The molecule has 0 unspecified atom stereocenters. The number of rotatable bonds is 5. The van der Waals surface area contributed by atoms with Crippen molar-refractivity contribution in [3.8, 4) is 0 Å². The van der Waals surface area contributed by atoms with Crippen LogP contribution in [0.5, 0.6) is 0 Å². The zero-order valence-corrected chi connectivity index (χ0v) is 19.0. The van der Waals surface area contributed by atoms with Crippen molar-refractivity contribution in [3.63, 3.8) is 0 Å². The van der Waals surface area contributed by atoms with Gasteiger partial charge < -0.3 is 4.57 Å². The molecule has 1 aromatic carbocycles. The number of hydrogen-bond acceptors (Lipinski definition) is 7. The van der Waals surface area contributed by atoms with Crippen LogP contribution in [0.15, 0.2) is 58.5 Å². The number of fused-ring (bicyclic) bond motifs is 2. The molecule has 0 bridgehead atoms. The van der Waals surface area contributed by atoms with Crippen LogP contribution in [0.4, 0.5) is 9.52 Å². The number of aromatic nitrogens is 6. The van der Waals surface area contributed by atoms with Gasteiger partial charge in [-0.25, -0.2) is 19.2 Å². The Labute approximate surface area is 195 Å². The molecule has 5 aromatic rings. The van der Waals surface area contributed by atoms with E-state index in [4.69, 9.17) is 0 Å². The topological polar surface area (TPSA) is 108 Å². The van der Waals surface area contributed by atoms with Gasteiger partial charge in [-0.1, -0.05) is 23.5 Å². The van der Waals surface area contributed by atoms with Gasteiger partial charge in [0.2, 0.25) is 5.91 Å². The molecule has 0 aliphatic rings. The minimum atomic E-state index is -0.554. The summed E-state index contributed by atoms with van der Waals surface area (Å²) in [5, 5.41) is 0.306. The van der Waals surface area contributed by atoms with E-state index < -0.39 is 23.0 Å². The Kier molecular flexibility index (Phi) is 5.28. The van der Waals surface area contributed by atoms with E-state index in [2.05, 4.69) is 15.0 Å². The number of para-hydroxylation sites is 1. The molecule has 4 aromatic heterocycles. The average Bonchev–Trinajstić information content (AvgIpc) is 3.46. The Morgan fingerprint density at radius 2 is 1.91 bits per heavy atom. The van der Waals surface area contributed by atoms with Crippen molar-refractivity contribution < 1.29 is 9.18 Å². The number of hydrogen-bond donors (Lipinski definition) is 0. The molecule has 172 valence electrons. The standard InChI is InChI=1S/C22H18FN7O3S/c1-27-19-18(20(32)28(2)22(27)33)29(12-25-19)11-16(31)30(10-13-6-3-4-9-24-13)21-26-17-14(23)7-5-8-15(17)34-21/h3-9,12H,10-11H2,1-2H3. The van der Waals surface area contributed by atoms with Gasteiger partial charge in [-0.15, -0.1) is 0 Å². The predicted molar refractivity (Wildman–Crippen MR) is 125 cm³/mol. The molecule has 0 radical (unpaired) electrons. The largest absolute Gasteiger partial charge is 0.332 e. The lowest BCUT2D eigenvalue weighted by atomic mass is 10.3. The minimum absolute atomic E-state index is 0.101. The van der Waals surface area contributed by atoms with E-state index in [9.17, 15) is 18.8 Å². The Morgan fingerprint density at radius 3 is 2.65 bits per heavy atom. The SMILES string of the molecule is Cn1c(=O)c2c(ncn2CC(=O)N(Cc2ccccn2)c2nc3c(F)cccc3s2)n(C)c1=O. The molecular formula is C22H18FN7O3S. The fourth-order valence-electron chi connectivity index (χ4n) is 3.68. The molecule has 0 atom stereocenters. The van der Waals surface area contributed by atoms with E-state index in [0.717, 1.165) is 4.57 Å². The summed E-state index contributed by atoms with van der Waals surface area (Å²) >= 11 is 1.18. The van der Waals surface area contributed by atoms with Crippen molar-refractivity contribution in [1.29, 1.82) is 0 Å².